The number of carboxylic acid groups (broad SMARTS) is 1. The van der Waals surface area contributed by atoms with Gasteiger partial charge in [-0.15, -0.1) is 0 Å². The number of benzene rings is 1. The summed E-state index contributed by atoms with van der Waals surface area (Å²) in [6.45, 7) is 0. The van der Waals surface area contributed by atoms with Gasteiger partial charge in [0.15, 0.2) is 0 Å². The molecule has 0 fully saturated rings. The van der Waals surface area contributed by atoms with Crippen LogP contribution in [-0.4, -0.2) is 11.1 Å². The molecule has 1 aromatic carbocycles. The molecule has 12 heavy (non-hydrogen) atoms. The van der Waals surface area contributed by atoms with E-state index >= 15 is 0 Å². The van der Waals surface area contributed by atoms with Crippen molar-refractivity contribution in [1.29, 1.82) is 0 Å². The van der Waals surface area contributed by atoms with Crippen molar-refractivity contribution >= 4 is 5.97 Å². The van der Waals surface area contributed by atoms with E-state index in [1.165, 1.54) is 0 Å². The van der Waals surface area contributed by atoms with Gasteiger partial charge in [-0.05, 0) is 5.56 Å². The van der Waals surface area contributed by atoms with Crippen molar-refractivity contribution in [2.45, 2.75) is 12.4 Å². The number of carboxylic acids is 1. The zero-order valence-corrected chi connectivity index (χ0v) is 5.93. The van der Waals surface area contributed by atoms with Crippen LogP contribution in [0.2, 0.25) is 0 Å². The lowest BCUT2D eigenvalue weighted by atomic mass is 10.1. The Balaban J connectivity index is 3.76. The van der Waals surface area contributed by atoms with Gasteiger partial charge >= 0.3 is 5.97 Å². The number of nitrogens with two attached hydrogens (primary N) is 1. The molecule has 0 aliphatic rings. The first-order valence-corrected chi connectivity index (χ1v) is 2.97. The van der Waals surface area contributed by atoms with Crippen LogP contribution in [0.1, 0.15) is 28.9 Å². The minimum atomic E-state index is -3.35. The summed E-state index contributed by atoms with van der Waals surface area (Å²) in [6, 6.07) is -7.23. The summed E-state index contributed by atoms with van der Waals surface area (Å²) in [5.41, 5.74) is 4.44. The zero-order valence-electron chi connectivity index (χ0n) is 13.9. The average Bonchev–Trinajstić information content (AvgIpc) is 2.33. The first-order chi connectivity index (χ1) is 8.87. The number of aliphatic carboxylic acids is 1. The molecule has 0 heterocycles. The molecule has 0 bridgehead atoms. The Morgan fingerprint density at radius 1 is 1.75 bits per heavy atom. The summed E-state index contributed by atoms with van der Waals surface area (Å²) in [4.78, 5) is 10.9. The van der Waals surface area contributed by atoms with Gasteiger partial charge in [-0.2, -0.15) is 0 Å². The van der Waals surface area contributed by atoms with Gasteiger partial charge in [-0.1, -0.05) is 30.2 Å². The van der Waals surface area contributed by atoms with Gasteiger partial charge in [0, 0.05) is 8.76 Å². The predicted octanol–water partition coefficient (Wildman–Crippen LogP) is 1.16. The second kappa shape index (κ2) is 3.88. The van der Waals surface area contributed by atoms with Crippen molar-refractivity contribution in [2.75, 3.05) is 0 Å². The van der Waals surface area contributed by atoms with Crippen LogP contribution in [0, 0.1) is 0 Å². The van der Waals surface area contributed by atoms with E-state index in [1.807, 2.05) is 0 Å². The highest BCUT2D eigenvalue weighted by Crippen LogP contribution is 2.12. The lowest BCUT2D eigenvalue weighted by Crippen LogP contribution is -2.14. The monoisotopic (exact) mass is 173 g/mol. The fourth-order valence-electron chi connectivity index (χ4n) is 0.562. The SMILES string of the molecule is [2H]c1c([2H])c([2H])c([C@@]([2H])(N)C([2H])([2H])C(=O)O)c([2H])c1[2H]. The summed E-state index contributed by atoms with van der Waals surface area (Å²) < 4.78 is 59.7. The van der Waals surface area contributed by atoms with Crippen LogP contribution in [0.4, 0.5) is 0 Å². The van der Waals surface area contributed by atoms with Crippen LogP contribution in [-0.2, 0) is 4.79 Å². The van der Waals surface area contributed by atoms with Crippen molar-refractivity contribution in [3.63, 3.8) is 0 Å². The topological polar surface area (TPSA) is 63.3 Å². The molecular weight excluding hydrogens is 154 g/mol. The molecule has 3 nitrogen and oxygen atoms in total. The second-order valence-electron chi connectivity index (χ2n) is 1.84. The molecule has 0 spiro atoms. The number of carbonyl (C=O) groups is 1. The Hall–Kier alpha value is -1.35. The van der Waals surface area contributed by atoms with E-state index < -0.39 is 54.1 Å². The molecule has 0 aliphatic heterocycles. The normalized spacial score (nSPS) is 25.8. The third kappa shape index (κ3) is 2.36. The maximum absolute atomic E-state index is 10.9. The molecule has 1 rings (SSSR count). The number of rotatable bonds is 3. The van der Waals surface area contributed by atoms with Gasteiger partial charge in [-0.25, -0.2) is 0 Å². The predicted molar refractivity (Wildman–Crippen MR) is 45.6 cm³/mol. The van der Waals surface area contributed by atoms with Crippen LogP contribution in [0.25, 0.3) is 0 Å². The van der Waals surface area contributed by atoms with Crippen molar-refractivity contribution in [3.05, 3.63) is 35.8 Å². The Morgan fingerprint density at radius 2 is 2.33 bits per heavy atom. The van der Waals surface area contributed by atoms with E-state index in [1.54, 1.807) is 0 Å². The van der Waals surface area contributed by atoms with Crippen molar-refractivity contribution in [3.8, 4) is 0 Å². The molecule has 1 atom stereocenters. The van der Waals surface area contributed by atoms with E-state index in [9.17, 15) is 4.79 Å². The van der Waals surface area contributed by atoms with E-state index in [0.717, 1.165) is 0 Å². The van der Waals surface area contributed by atoms with E-state index in [-0.39, 0.29) is 0 Å². The Morgan fingerprint density at radius 3 is 2.83 bits per heavy atom. The summed E-state index contributed by atoms with van der Waals surface area (Å²) in [5, 5.41) is 8.78. The lowest BCUT2D eigenvalue weighted by molar-refractivity contribution is -0.137. The third-order valence-electron chi connectivity index (χ3n) is 1.01. The standard InChI is InChI=1S/C9H11NO2/c10-8(6-9(11)12)7-4-2-1-3-5-7/h1-5,8H,6,10H2,(H,11,12)/t8-/m0/s1/i1D,2D,3D,4D,5D,6D2,8D. The molecule has 0 radical (unpaired) electrons. The molecule has 0 amide bonds. The summed E-state index contributed by atoms with van der Waals surface area (Å²) in [7, 11) is 0. The van der Waals surface area contributed by atoms with Gasteiger partial charge in [0.1, 0.15) is 0 Å². The smallest absolute Gasteiger partial charge is 0.305 e. The minimum absolute atomic E-state index is 0.740. The molecule has 0 unspecified atom stereocenters. The summed E-state index contributed by atoms with van der Waals surface area (Å²) >= 11 is 0. The minimum Gasteiger partial charge on any atom is -0.481 e. The van der Waals surface area contributed by atoms with Gasteiger partial charge in [0.25, 0.3) is 0 Å². The molecule has 3 N–H and O–H groups in total. The summed E-state index contributed by atoms with van der Waals surface area (Å²) in [6.07, 6.45) is -3.35. The van der Waals surface area contributed by atoms with Gasteiger partial charge < -0.3 is 10.8 Å². The summed E-state index contributed by atoms with van der Waals surface area (Å²) in [5.74, 6) is -2.07. The molecule has 0 saturated carbocycles. The van der Waals surface area contributed by atoms with Crippen molar-refractivity contribution in [1.82, 2.24) is 0 Å². The molecule has 0 aromatic heterocycles. The van der Waals surface area contributed by atoms with Gasteiger partial charge in [0.2, 0.25) is 0 Å². The van der Waals surface area contributed by atoms with Crippen LogP contribution in [0.3, 0.4) is 0 Å². The maximum atomic E-state index is 10.9. The van der Waals surface area contributed by atoms with Crippen molar-refractivity contribution < 1.29 is 20.9 Å². The molecule has 1 aromatic rings. The number of hydrogen-bond acceptors (Lipinski definition) is 2. The molecule has 0 aliphatic carbocycles. The van der Waals surface area contributed by atoms with Crippen LogP contribution in [0.5, 0.6) is 0 Å². The fourth-order valence-corrected chi connectivity index (χ4v) is 0.562. The molecule has 64 valence electrons. The average molecular weight is 173 g/mol. The van der Waals surface area contributed by atoms with Crippen LogP contribution < -0.4 is 5.73 Å². The maximum Gasteiger partial charge on any atom is 0.305 e. The fraction of sp³-hybridized carbons (Fsp3) is 0.222. The van der Waals surface area contributed by atoms with E-state index in [2.05, 4.69) is 0 Å². The first kappa shape index (κ1) is 2.85. The highest BCUT2D eigenvalue weighted by atomic mass is 16.4. The molecule has 0 saturated heterocycles. The first-order valence-electron chi connectivity index (χ1n) is 6.97. The molecular formula is C9H11NO2. The van der Waals surface area contributed by atoms with Crippen LogP contribution in [0.15, 0.2) is 30.2 Å². The highest BCUT2D eigenvalue weighted by molar-refractivity contribution is 5.67. The Bertz CT molecular complexity index is 557. The van der Waals surface area contributed by atoms with Crippen molar-refractivity contribution in [2.24, 2.45) is 5.73 Å². The van der Waals surface area contributed by atoms with Crippen LogP contribution >= 0.6 is 0 Å². The van der Waals surface area contributed by atoms with E-state index in [0.29, 0.717) is 0 Å². The second-order valence-corrected chi connectivity index (χ2v) is 1.84. The van der Waals surface area contributed by atoms with Gasteiger partial charge in [0.05, 0.1) is 14.6 Å². The largest absolute Gasteiger partial charge is 0.481 e. The Kier molecular flexibility index (Phi) is 0.921. The zero-order chi connectivity index (χ0) is 16.0. The van der Waals surface area contributed by atoms with Gasteiger partial charge in [-0.3, -0.25) is 4.79 Å². The third-order valence-corrected chi connectivity index (χ3v) is 1.01. The lowest BCUT2D eigenvalue weighted by Gasteiger charge is -2.07. The van der Waals surface area contributed by atoms with E-state index in [4.69, 9.17) is 21.8 Å². The Labute approximate surface area is 82.1 Å². The number of hydrogen-bond donors (Lipinski definition) is 2. The molecule has 3 heteroatoms. The highest BCUT2D eigenvalue weighted by Gasteiger charge is 2.08. The quantitative estimate of drug-likeness (QED) is 0.721.